The SMILES string of the molecule is CSc1ccc(C2C3=C(CC(C)(C)CC3=O)OC3=C2C(=O)CC(C)(C)C3)cc1. The second-order valence-corrected chi connectivity index (χ2v) is 10.7. The molecular weight excluding hydrogens is 368 g/mol. The summed E-state index contributed by atoms with van der Waals surface area (Å²) in [6.07, 6.45) is 4.51. The summed E-state index contributed by atoms with van der Waals surface area (Å²) < 4.78 is 6.32. The van der Waals surface area contributed by atoms with Crippen LogP contribution in [-0.2, 0) is 14.3 Å². The van der Waals surface area contributed by atoms with E-state index in [4.69, 9.17) is 4.74 Å². The summed E-state index contributed by atoms with van der Waals surface area (Å²) in [5, 5.41) is 0. The molecule has 1 aromatic carbocycles. The van der Waals surface area contributed by atoms with Gasteiger partial charge in [0, 0.05) is 47.6 Å². The standard InChI is InChI=1S/C24H28O3S/c1-23(2)10-16(25)21-18(12-23)27-19-13-24(3,4)11-17(26)22(19)20(21)14-6-8-15(28-5)9-7-14/h6-9,20H,10-13H2,1-5H3. The highest BCUT2D eigenvalue weighted by Gasteiger charge is 2.47. The normalized spacial score (nSPS) is 24.0. The first-order valence-electron chi connectivity index (χ1n) is 9.94. The van der Waals surface area contributed by atoms with Crippen LogP contribution in [0, 0.1) is 10.8 Å². The van der Waals surface area contributed by atoms with Crippen LogP contribution in [-0.4, -0.2) is 17.8 Å². The van der Waals surface area contributed by atoms with Gasteiger partial charge in [-0.05, 0) is 34.8 Å². The molecule has 0 aromatic heterocycles. The first kappa shape index (κ1) is 19.5. The molecule has 0 saturated heterocycles. The number of benzene rings is 1. The second kappa shape index (κ2) is 6.62. The molecule has 0 N–H and O–H groups in total. The predicted molar refractivity (Wildman–Crippen MR) is 112 cm³/mol. The molecule has 0 atom stereocenters. The lowest BCUT2D eigenvalue weighted by Crippen LogP contribution is -2.37. The molecule has 0 fully saturated rings. The summed E-state index contributed by atoms with van der Waals surface area (Å²) in [6.45, 7) is 8.45. The van der Waals surface area contributed by atoms with Gasteiger partial charge in [0.1, 0.15) is 11.5 Å². The van der Waals surface area contributed by atoms with E-state index in [1.165, 1.54) is 4.90 Å². The Labute approximate surface area is 171 Å². The van der Waals surface area contributed by atoms with Crippen molar-refractivity contribution in [3.05, 3.63) is 52.5 Å². The zero-order valence-electron chi connectivity index (χ0n) is 17.3. The van der Waals surface area contributed by atoms with E-state index in [0.29, 0.717) is 24.0 Å². The van der Waals surface area contributed by atoms with E-state index < -0.39 is 0 Å². The summed E-state index contributed by atoms with van der Waals surface area (Å²) in [6, 6.07) is 8.28. The van der Waals surface area contributed by atoms with Crippen molar-refractivity contribution in [2.45, 2.75) is 64.2 Å². The molecule has 0 spiro atoms. The van der Waals surface area contributed by atoms with Gasteiger partial charge < -0.3 is 4.74 Å². The fraction of sp³-hybridized carbons (Fsp3) is 0.500. The Morgan fingerprint density at radius 1 is 0.821 bits per heavy atom. The number of carbonyl (C=O) groups is 2. The third kappa shape index (κ3) is 3.36. The van der Waals surface area contributed by atoms with Crippen molar-refractivity contribution in [2.75, 3.05) is 6.26 Å². The largest absolute Gasteiger partial charge is 0.465 e. The Kier molecular flexibility index (Phi) is 4.61. The molecule has 3 nitrogen and oxygen atoms in total. The van der Waals surface area contributed by atoms with Gasteiger partial charge in [0.15, 0.2) is 11.6 Å². The van der Waals surface area contributed by atoms with Crippen molar-refractivity contribution >= 4 is 23.3 Å². The van der Waals surface area contributed by atoms with Gasteiger partial charge in [-0.3, -0.25) is 9.59 Å². The Hall–Kier alpha value is -1.81. The summed E-state index contributed by atoms with van der Waals surface area (Å²) in [7, 11) is 0. The number of ether oxygens (including phenoxy) is 1. The average Bonchev–Trinajstić information content (AvgIpc) is 2.57. The quantitative estimate of drug-likeness (QED) is 0.592. The predicted octanol–water partition coefficient (Wildman–Crippen LogP) is 5.81. The van der Waals surface area contributed by atoms with Crippen molar-refractivity contribution in [1.82, 2.24) is 0 Å². The molecule has 2 aliphatic carbocycles. The van der Waals surface area contributed by atoms with E-state index in [0.717, 1.165) is 29.9 Å². The zero-order valence-corrected chi connectivity index (χ0v) is 18.2. The van der Waals surface area contributed by atoms with Gasteiger partial charge in [0.2, 0.25) is 0 Å². The number of thioether (sulfide) groups is 1. The molecule has 28 heavy (non-hydrogen) atoms. The second-order valence-electron chi connectivity index (χ2n) is 9.86. The maximum atomic E-state index is 13.2. The number of allylic oxidation sites excluding steroid dienone is 4. The van der Waals surface area contributed by atoms with Gasteiger partial charge in [0.25, 0.3) is 0 Å². The molecular formula is C24H28O3S. The van der Waals surface area contributed by atoms with Crippen molar-refractivity contribution in [3.8, 4) is 0 Å². The minimum atomic E-state index is -0.290. The highest BCUT2D eigenvalue weighted by atomic mass is 32.2. The Balaban J connectivity index is 1.88. The molecule has 0 bridgehead atoms. The van der Waals surface area contributed by atoms with Crippen molar-refractivity contribution in [3.63, 3.8) is 0 Å². The molecule has 0 saturated carbocycles. The molecule has 1 heterocycles. The molecule has 4 heteroatoms. The fourth-order valence-corrected chi connectivity index (χ4v) is 5.21. The number of carbonyl (C=O) groups excluding carboxylic acids is 2. The summed E-state index contributed by atoms with van der Waals surface area (Å²) in [4.78, 5) is 27.5. The lowest BCUT2D eigenvalue weighted by Gasteiger charge is -2.42. The third-order valence-electron chi connectivity index (χ3n) is 6.03. The van der Waals surface area contributed by atoms with Crippen molar-refractivity contribution < 1.29 is 14.3 Å². The van der Waals surface area contributed by atoms with E-state index >= 15 is 0 Å². The van der Waals surface area contributed by atoms with Crippen LogP contribution in [0.4, 0.5) is 0 Å². The first-order valence-corrected chi connectivity index (χ1v) is 11.2. The van der Waals surface area contributed by atoms with E-state index in [2.05, 4.69) is 52.0 Å². The van der Waals surface area contributed by atoms with Crippen LogP contribution in [0.1, 0.15) is 64.9 Å². The van der Waals surface area contributed by atoms with Gasteiger partial charge in [-0.25, -0.2) is 0 Å². The molecule has 1 aromatic rings. The first-order chi connectivity index (χ1) is 13.1. The molecule has 3 aliphatic rings. The number of ketones is 2. The topological polar surface area (TPSA) is 43.4 Å². The fourth-order valence-electron chi connectivity index (χ4n) is 4.80. The van der Waals surface area contributed by atoms with Crippen LogP contribution in [0.25, 0.3) is 0 Å². The van der Waals surface area contributed by atoms with E-state index in [1.54, 1.807) is 11.8 Å². The average molecular weight is 397 g/mol. The minimum absolute atomic E-state index is 0.116. The lowest BCUT2D eigenvalue weighted by atomic mass is 9.65. The summed E-state index contributed by atoms with van der Waals surface area (Å²) in [5.41, 5.74) is 2.21. The monoisotopic (exact) mass is 396 g/mol. The van der Waals surface area contributed by atoms with Crippen LogP contribution in [0.15, 0.2) is 51.8 Å². The summed E-state index contributed by atoms with van der Waals surface area (Å²) >= 11 is 1.69. The summed E-state index contributed by atoms with van der Waals surface area (Å²) in [5.74, 6) is 1.51. The van der Waals surface area contributed by atoms with Gasteiger partial charge in [-0.2, -0.15) is 0 Å². The number of Topliss-reactive ketones (excluding diaryl/α,β-unsaturated/α-hetero) is 2. The van der Waals surface area contributed by atoms with Gasteiger partial charge in [-0.15, -0.1) is 11.8 Å². The van der Waals surface area contributed by atoms with Crippen LogP contribution < -0.4 is 0 Å². The highest BCUT2D eigenvalue weighted by Crippen LogP contribution is 2.53. The molecule has 0 radical (unpaired) electrons. The van der Waals surface area contributed by atoms with E-state index in [-0.39, 0.29) is 28.3 Å². The van der Waals surface area contributed by atoms with Gasteiger partial charge in [0.05, 0.1) is 0 Å². The number of hydrogen-bond donors (Lipinski definition) is 0. The van der Waals surface area contributed by atoms with E-state index in [9.17, 15) is 9.59 Å². The van der Waals surface area contributed by atoms with Crippen LogP contribution >= 0.6 is 11.8 Å². The van der Waals surface area contributed by atoms with Crippen LogP contribution in [0.2, 0.25) is 0 Å². The van der Waals surface area contributed by atoms with Gasteiger partial charge >= 0.3 is 0 Å². The Morgan fingerprint density at radius 2 is 1.29 bits per heavy atom. The number of hydrogen-bond acceptors (Lipinski definition) is 4. The number of rotatable bonds is 2. The highest BCUT2D eigenvalue weighted by molar-refractivity contribution is 7.98. The van der Waals surface area contributed by atoms with Gasteiger partial charge in [-0.1, -0.05) is 39.8 Å². The van der Waals surface area contributed by atoms with Crippen molar-refractivity contribution in [1.29, 1.82) is 0 Å². The zero-order chi connectivity index (χ0) is 20.3. The maximum absolute atomic E-state index is 13.2. The van der Waals surface area contributed by atoms with Crippen molar-refractivity contribution in [2.24, 2.45) is 10.8 Å². The maximum Gasteiger partial charge on any atom is 0.163 e. The Morgan fingerprint density at radius 3 is 1.71 bits per heavy atom. The molecule has 1 aliphatic heterocycles. The van der Waals surface area contributed by atoms with Crippen LogP contribution in [0.5, 0.6) is 0 Å². The third-order valence-corrected chi connectivity index (χ3v) is 6.77. The minimum Gasteiger partial charge on any atom is -0.465 e. The molecule has 0 amide bonds. The van der Waals surface area contributed by atoms with Crippen LogP contribution in [0.3, 0.4) is 0 Å². The smallest absolute Gasteiger partial charge is 0.163 e. The molecule has 148 valence electrons. The Bertz CT molecular complexity index is 864. The molecule has 4 rings (SSSR count). The van der Waals surface area contributed by atoms with E-state index in [1.807, 2.05) is 6.26 Å². The molecule has 0 unspecified atom stereocenters. The lowest BCUT2D eigenvalue weighted by molar-refractivity contribution is -0.120.